The lowest BCUT2D eigenvalue weighted by molar-refractivity contribution is 0.304. The van der Waals surface area contributed by atoms with Crippen LogP contribution in [0.3, 0.4) is 0 Å². The minimum atomic E-state index is -0.497. The van der Waals surface area contributed by atoms with Gasteiger partial charge in [0, 0.05) is 0 Å². The molecule has 2 nitrogen and oxygen atoms in total. The van der Waals surface area contributed by atoms with E-state index in [9.17, 15) is 4.39 Å². The first-order valence-corrected chi connectivity index (χ1v) is 5.45. The molecule has 0 saturated heterocycles. The molecular formula is C14H14FNO. The van der Waals surface area contributed by atoms with E-state index in [1.165, 1.54) is 23.4 Å². The van der Waals surface area contributed by atoms with E-state index in [-0.39, 0.29) is 0 Å². The summed E-state index contributed by atoms with van der Waals surface area (Å²) in [5.41, 5.74) is 3.60. The highest BCUT2D eigenvalue weighted by Crippen LogP contribution is 2.14. The third-order valence-electron chi connectivity index (χ3n) is 2.68. The van der Waals surface area contributed by atoms with Crippen molar-refractivity contribution in [1.29, 1.82) is 0 Å². The van der Waals surface area contributed by atoms with Crippen molar-refractivity contribution in [2.75, 3.05) is 0 Å². The quantitative estimate of drug-likeness (QED) is 0.755. The Morgan fingerprint density at radius 2 is 1.94 bits per heavy atom. The molecule has 3 heteroatoms. The highest BCUT2D eigenvalue weighted by molar-refractivity contribution is 5.30. The Morgan fingerprint density at radius 3 is 2.59 bits per heavy atom. The molecule has 0 N–H and O–H groups in total. The van der Waals surface area contributed by atoms with Gasteiger partial charge in [-0.15, -0.1) is 0 Å². The molecule has 1 aromatic carbocycles. The van der Waals surface area contributed by atoms with E-state index in [4.69, 9.17) is 4.74 Å². The molecule has 0 spiro atoms. The van der Waals surface area contributed by atoms with Crippen molar-refractivity contribution in [1.82, 2.24) is 4.98 Å². The minimum Gasteiger partial charge on any atom is -0.487 e. The van der Waals surface area contributed by atoms with Crippen LogP contribution in [0.1, 0.15) is 16.7 Å². The van der Waals surface area contributed by atoms with Crippen LogP contribution in [0, 0.1) is 19.8 Å². The average molecular weight is 231 g/mol. The summed E-state index contributed by atoms with van der Waals surface area (Å²) in [5, 5.41) is 0. The van der Waals surface area contributed by atoms with Crippen molar-refractivity contribution in [2.45, 2.75) is 20.5 Å². The number of halogens is 1. The van der Waals surface area contributed by atoms with Gasteiger partial charge in [0.2, 0.25) is 5.95 Å². The molecule has 0 atom stereocenters. The van der Waals surface area contributed by atoms with Gasteiger partial charge in [-0.1, -0.05) is 18.2 Å². The predicted octanol–water partition coefficient (Wildman–Crippen LogP) is 3.42. The maximum Gasteiger partial charge on any atom is 0.213 e. The lowest BCUT2D eigenvalue weighted by atomic mass is 10.1. The number of hydrogen-bond acceptors (Lipinski definition) is 2. The van der Waals surface area contributed by atoms with Gasteiger partial charge in [-0.25, -0.2) is 4.98 Å². The van der Waals surface area contributed by atoms with Crippen molar-refractivity contribution < 1.29 is 9.13 Å². The van der Waals surface area contributed by atoms with Crippen LogP contribution in [-0.4, -0.2) is 4.98 Å². The fourth-order valence-corrected chi connectivity index (χ4v) is 1.51. The molecule has 0 fully saturated rings. The Balaban J connectivity index is 2.02. The molecule has 2 aromatic rings. The highest BCUT2D eigenvalue weighted by Gasteiger charge is 1.99. The molecule has 17 heavy (non-hydrogen) atoms. The van der Waals surface area contributed by atoms with Crippen molar-refractivity contribution >= 4 is 0 Å². The van der Waals surface area contributed by atoms with Crippen molar-refractivity contribution in [3.8, 4) is 5.75 Å². The monoisotopic (exact) mass is 231 g/mol. The molecule has 0 bridgehead atoms. The lowest BCUT2D eigenvalue weighted by Crippen LogP contribution is -1.97. The minimum absolute atomic E-state index is 0.467. The summed E-state index contributed by atoms with van der Waals surface area (Å²) < 4.78 is 18.1. The summed E-state index contributed by atoms with van der Waals surface area (Å²) in [4.78, 5) is 3.53. The molecule has 0 radical (unpaired) electrons. The zero-order chi connectivity index (χ0) is 12.3. The van der Waals surface area contributed by atoms with Gasteiger partial charge in [-0.2, -0.15) is 4.39 Å². The van der Waals surface area contributed by atoms with Gasteiger partial charge in [-0.3, -0.25) is 0 Å². The number of aromatic nitrogens is 1. The molecule has 0 saturated carbocycles. The van der Waals surface area contributed by atoms with Crippen molar-refractivity contribution in [3.63, 3.8) is 0 Å². The Hall–Kier alpha value is -1.90. The third-order valence-corrected chi connectivity index (χ3v) is 2.68. The number of nitrogens with zero attached hydrogens (tertiary/aromatic N) is 1. The van der Waals surface area contributed by atoms with E-state index in [0.29, 0.717) is 12.4 Å². The van der Waals surface area contributed by atoms with Gasteiger partial charge in [0.25, 0.3) is 0 Å². The Labute approximate surface area is 100 Å². The molecule has 1 heterocycles. The number of aryl methyl sites for hydroxylation is 2. The fraction of sp³-hybridized carbons (Fsp3) is 0.214. The SMILES string of the molecule is Cc1ccc(COc2ccc(F)nc2)cc1C. The second-order valence-electron chi connectivity index (χ2n) is 4.02. The molecule has 0 unspecified atom stereocenters. The number of rotatable bonds is 3. The number of pyridine rings is 1. The molecular weight excluding hydrogens is 217 g/mol. The summed E-state index contributed by atoms with van der Waals surface area (Å²) >= 11 is 0. The van der Waals surface area contributed by atoms with Gasteiger partial charge < -0.3 is 4.74 Å². The van der Waals surface area contributed by atoms with Gasteiger partial charge in [0.05, 0.1) is 6.20 Å². The summed E-state index contributed by atoms with van der Waals surface area (Å²) in [5.74, 6) is 0.0770. The maximum atomic E-state index is 12.6. The molecule has 1 aromatic heterocycles. The van der Waals surface area contributed by atoms with Crippen LogP contribution in [0.25, 0.3) is 0 Å². The van der Waals surface area contributed by atoms with Gasteiger partial charge in [0.15, 0.2) is 0 Å². The van der Waals surface area contributed by atoms with Crippen LogP contribution >= 0.6 is 0 Å². The molecule has 0 aliphatic heterocycles. The van der Waals surface area contributed by atoms with E-state index in [1.807, 2.05) is 6.07 Å². The highest BCUT2D eigenvalue weighted by atomic mass is 19.1. The first-order chi connectivity index (χ1) is 8.15. The fourth-order valence-electron chi connectivity index (χ4n) is 1.51. The third kappa shape index (κ3) is 3.03. The number of benzene rings is 1. The summed E-state index contributed by atoms with van der Waals surface area (Å²) in [6.07, 6.45) is 1.39. The topological polar surface area (TPSA) is 22.1 Å². The van der Waals surface area contributed by atoms with Gasteiger partial charge in [-0.05, 0) is 42.7 Å². The molecule has 0 aliphatic carbocycles. The van der Waals surface area contributed by atoms with Crippen LogP contribution < -0.4 is 4.74 Å². The van der Waals surface area contributed by atoms with E-state index < -0.39 is 5.95 Å². The van der Waals surface area contributed by atoms with E-state index in [2.05, 4.69) is 31.0 Å². The average Bonchev–Trinajstić information content (AvgIpc) is 2.33. The summed E-state index contributed by atoms with van der Waals surface area (Å²) in [6.45, 7) is 4.61. The Bertz CT molecular complexity index is 508. The molecule has 2 rings (SSSR count). The first kappa shape index (κ1) is 11.6. The smallest absolute Gasteiger partial charge is 0.213 e. The second-order valence-corrected chi connectivity index (χ2v) is 4.02. The van der Waals surface area contributed by atoms with E-state index in [0.717, 1.165) is 5.56 Å². The molecule has 0 aliphatic rings. The summed E-state index contributed by atoms with van der Waals surface area (Å²) in [6, 6.07) is 9.04. The van der Waals surface area contributed by atoms with E-state index in [1.54, 1.807) is 6.07 Å². The van der Waals surface area contributed by atoms with E-state index >= 15 is 0 Å². The Kier molecular flexibility index (Phi) is 3.38. The molecule has 88 valence electrons. The summed E-state index contributed by atoms with van der Waals surface area (Å²) in [7, 11) is 0. The van der Waals surface area contributed by atoms with Crippen LogP contribution in [0.2, 0.25) is 0 Å². The standard InChI is InChI=1S/C14H14FNO/c1-10-3-4-12(7-11(10)2)9-17-13-5-6-14(15)16-8-13/h3-8H,9H2,1-2H3. The van der Waals surface area contributed by atoms with Crippen LogP contribution in [-0.2, 0) is 6.61 Å². The predicted molar refractivity (Wildman–Crippen MR) is 64.4 cm³/mol. The number of hydrogen-bond donors (Lipinski definition) is 0. The van der Waals surface area contributed by atoms with Crippen molar-refractivity contribution in [2.24, 2.45) is 0 Å². The van der Waals surface area contributed by atoms with Crippen LogP contribution in [0.4, 0.5) is 4.39 Å². The number of ether oxygens (including phenoxy) is 1. The lowest BCUT2D eigenvalue weighted by Gasteiger charge is -2.07. The second kappa shape index (κ2) is 4.95. The zero-order valence-corrected chi connectivity index (χ0v) is 9.90. The Morgan fingerprint density at radius 1 is 1.12 bits per heavy atom. The van der Waals surface area contributed by atoms with Crippen molar-refractivity contribution in [3.05, 3.63) is 59.2 Å². The van der Waals surface area contributed by atoms with Gasteiger partial charge in [0.1, 0.15) is 12.4 Å². The molecule has 0 amide bonds. The zero-order valence-electron chi connectivity index (χ0n) is 9.90. The van der Waals surface area contributed by atoms with Crippen LogP contribution in [0.5, 0.6) is 5.75 Å². The maximum absolute atomic E-state index is 12.6. The normalized spacial score (nSPS) is 10.3. The largest absolute Gasteiger partial charge is 0.487 e. The van der Waals surface area contributed by atoms with Gasteiger partial charge >= 0.3 is 0 Å². The first-order valence-electron chi connectivity index (χ1n) is 5.45. The van der Waals surface area contributed by atoms with Crippen LogP contribution in [0.15, 0.2) is 36.5 Å².